The van der Waals surface area contributed by atoms with E-state index in [1.807, 2.05) is 36.4 Å². The first kappa shape index (κ1) is 11.2. The second-order valence-electron chi connectivity index (χ2n) is 3.13. The number of halogens is 3. The molecular formula is C12H7Br2Cl. The summed E-state index contributed by atoms with van der Waals surface area (Å²) in [7, 11) is 0. The summed E-state index contributed by atoms with van der Waals surface area (Å²) in [6.07, 6.45) is 0. The molecule has 2 rings (SSSR count). The number of rotatable bonds is 1. The second-order valence-corrected chi connectivity index (χ2v) is 5.34. The van der Waals surface area contributed by atoms with Crippen molar-refractivity contribution in [2.24, 2.45) is 0 Å². The second kappa shape index (κ2) is 4.69. The minimum atomic E-state index is 0.749. The molecule has 2 aromatic carbocycles. The molecule has 15 heavy (non-hydrogen) atoms. The van der Waals surface area contributed by atoms with Gasteiger partial charge in [0.1, 0.15) is 0 Å². The summed E-state index contributed by atoms with van der Waals surface area (Å²) in [6, 6.07) is 13.9. The highest BCUT2D eigenvalue weighted by Gasteiger charge is 2.03. The fraction of sp³-hybridized carbons (Fsp3) is 0. The maximum Gasteiger partial charge on any atom is 0.0412 e. The van der Waals surface area contributed by atoms with Gasteiger partial charge in [-0.1, -0.05) is 55.6 Å². The lowest BCUT2D eigenvalue weighted by Crippen LogP contribution is -1.80. The fourth-order valence-electron chi connectivity index (χ4n) is 1.37. The lowest BCUT2D eigenvalue weighted by atomic mass is 10.1. The van der Waals surface area contributed by atoms with E-state index in [0.29, 0.717) is 0 Å². The minimum absolute atomic E-state index is 0.749. The van der Waals surface area contributed by atoms with Crippen LogP contribution in [0.3, 0.4) is 0 Å². The molecule has 0 fully saturated rings. The molecule has 0 amide bonds. The zero-order valence-corrected chi connectivity index (χ0v) is 11.6. The molecule has 0 heterocycles. The van der Waals surface area contributed by atoms with Crippen molar-refractivity contribution in [2.45, 2.75) is 0 Å². The van der Waals surface area contributed by atoms with Gasteiger partial charge in [-0.3, -0.25) is 0 Å². The summed E-state index contributed by atoms with van der Waals surface area (Å²) >= 11 is 12.9. The predicted octanol–water partition coefficient (Wildman–Crippen LogP) is 5.53. The molecule has 3 heteroatoms. The van der Waals surface area contributed by atoms with Gasteiger partial charge in [0.05, 0.1) is 0 Å². The van der Waals surface area contributed by atoms with Gasteiger partial charge < -0.3 is 0 Å². The first-order valence-electron chi connectivity index (χ1n) is 4.38. The van der Waals surface area contributed by atoms with Crippen LogP contribution in [-0.4, -0.2) is 0 Å². The summed E-state index contributed by atoms with van der Waals surface area (Å²) < 4.78 is 2.12. The van der Waals surface area contributed by atoms with Crippen molar-refractivity contribution in [1.29, 1.82) is 0 Å². The standard InChI is InChI=1S/C12H7Br2Cl/c13-9-4-5-12(14)11(7-9)8-2-1-3-10(15)6-8/h1-7H. The molecule has 0 aliphatic rings. The summed E-state index contributed by atoms with van der Waals surface area (Å²) in [6.45, 7) is 0. The summed E-state index contributed by atoms with van der Waals surface area (Å²) in [5.74, 6) is 0. The highest BCUT2D eigenvalue weighted by Crippen LogP contribution is 2.32. The molecular weight excluding hydrogens is 339 g/mol. The number of benzene rings is 2. The molecule has 0 atom stereocenters. The molecule has 0 aromatic heterocycles. The van der Waals surface area contributed by atoms with E-state index in [-0.39, 0.29) is 0 Å². The Bertz CT molecular complexity index is 495. The molecule has 0 unspecified atom stereocenters. The smallest absolute Gasteiger partial charge is 0.0412 e. The van der Waals surface area contributed by atoms with Gasteiger partial charge in [-0.25, -0.2) is 0 Å². The quantitative estimate of drug-likeness (QED) is 0.637. The average Bonchev–Trinajstić information content (AvgIpc) is 2.22. The SMILES string of the molecule is Clc1cccc(-c2cc(Br)ccc2Br)c1. The van der Waals surface area contributed by atoms with E-state index in [0.717, 1.165) is 25.1 Å². The Kier molecular flexibility index (Phi) is 3.49. The normalized spacial score (nSPS) is 10.3. The van der Waals surface area contributed by atoms with Gasteiger partial charge in [0.25, 0.3) is 0 Å². The lowest BCUT2D eigenvalue weighted by molar-refractivity contribution is 1.56. The first-order valence-corrected chi connectivity index (χ1v) is 6.34. The molecule has 0 aliphatic heterocycles. The van der Waals surface area contributed by atoms with Gasteiger partial charge in [-0.05, 0) is 41.5 Å². The highest BCUT2D eigenvalue weighted by molar-refractivity contribution is 9.11. The summed E-state index contributed by atoms with van der Waals surface area (Å²) in [5, 5.41) is 0.749. The van der Waals surface area contributed by atoms with Gasteiger partial charge in [-0.15, -0.1) is 0 Å². The van der Waals surface area contributed by atoms with E-state index in [2.05, 4.69) is 37.9 Å². The topological polar surface area (TPSA) is 0 Å². The molecule has 0 saturated carbocycles. The molecule has 76 valence electrons. The molecule has 0 bridgehead atoms. The molecule has 0 nitrogen and oxygen atoms in total. The van der Waals surface area contributed by atoms with E-state index >= 15 is 0 Å². The van der Waals surface area contributed by atoms with Crippen LogP contribution < -0.4 is 0 Å². The summed E-state index contributed by atoms with van der Waals surface area (Å²) in [5.41, 5.74) is 2.24. The van der Waals surface area contributed by atoms with E-state index in [9.17, 15) is 0 Å². The number of hydrogen-bond donors (Lipinski definition) is 0. The van der Waals surface area contributed by atoms with E-state index in [4.69, 9.17) is 11.6 Å². The van der Waals surface area contributed by atoms with Crippen molar-refractivity contribution >= 4 is 43.5 Å². The zero-order valence-electron chi connectivity index (χ0n) is 7.68. The fourth-order valence-corrected chi connectivity index (χ4v) is 2.40. The van der Waals surface area contributed by atoms with Crippen LogP contribution in [0.25, 0.3) is 11.1 Å². The Labute approximate surface area is 111 Å². The van der Waals surface area contributed by atoms with Crippen molar-refractivity contribution < 1.29 is 0 Å². The van der Waals surface area contributed by atoms with Crippen LogP contribution in [0.15, 0.2) is 51.4 Å². The number of hydrogen-bond acceptors (Lipinski definition) is 0. The molecule has 0 radical (unpaired) electrons. The zero-order chi connectivity index (χ0) is 10.8. The lowest BCUT2D eigenvalue weighted by Gasteiger charge is -2.05. The van der Waals surface area contributed by atoms with Crippen molar-refractivity contribution in [3.63, 3.8) is 0 Å². The van der Waals surface area contributed by atoms with Crippen LogP contribution in [0.5, 0.6) is 0 Å². The van der Waals surface area contributed by atoms with E-state index in [1.165, 1.54) is 0 Å². The van der Waals surface area contributed by atoms with Crippen LogP contribution in [-0.2, 0) is 0 Å². The maximum atomic E-state index is 5.96. The molecule has 0 spiro atoms. The highest BCUT2D eigenvalue weighted by atomic mass is 79.9. The van der Waals surface area contributed by atoms with Crippen LogP contribution in [0.2, 0.25) is 5.02 Å². The minimum Gasteiger partial charge on any atom is -0.0843 e. The van der Waals surface area contributed by atoms with Gasteiger partial charge in [0.2, 0.25) is 0 Å². The van der Waals surface area contributed by atoms with Crippen molar-refractivity contribution in [3.05, 3.63) is 56.4 Å². The van der Waals surface area contributed by atoms with E-state index < -0.39 is 0 Å². The maximum absolute atomic E-state index is 5.96. The summed E-state index contributed by atoms with van der Waals surface area (Å²) in [4.78, 5) is 0. The van der Waals surface area contributed by atoms with Crippen LogP contribution in [0.1, 0.15) is 0 Å². The van der Waals surface area contributed by atoms with Crippen molar-refractivity contribution in [3.8, 4) is 11.1 Å². The third-order valence-corrected chi connectivity index (χ3v) is 3.48. The monoisotopic (exact) mass is 344 g/mol. The Morgan fingerprint density at radius 1 is 0.933 bits per heavy atom. The molecule has 0 saturated heterocycles. The Morgan fingerprint density at radius 2 is 1.73 bits per heavy atom. The Morgan fingerprint density at radius 3 is 2.47 bits per heavy atom. The third-order valence-electron chi connectivity index (χ3n) is 2.06. The predicted molar refractivity (Wildman–Crippen MR) is 72.3 cm³/mol. The largest absolute Gasteiger partial charge is 0.0843 e. The van der Waals surface area contributed by atoms with Crippen LogP contribution in [0.4, 0.5) is 0 Å². The van der Waals surface area contributed by atoms with Gasteiger partial charge >= 0.3 is 0 Å². The van der Waals surface area contributed by atoms with Crippen molar-refractivity contribution in [2.75, 3.05) is 0 Å². The van der Waals surface area contributed by atoms with Crippen LogP contribution >= 0.6 is 43.5 Å². The average molecular weight is 346 g/mol. The first-order chi connectivity index (χ1) is 7.16. The van der Waals surface area contributed by atoms with Crippen molar-refractivity contribution in [1.82, 2.24) is 0 Å². The van der Waals surface area contributed by atoms with Gasteiger partial charge in [-0.2, -0.15) is 0 Å². The van der Waals surface area contributed by atoms with Gasteiger partial charge in [0.15, 0.2) is 0 Å². The molecule has 0 aliphatic carbocycles. The Hall–Kier alpha value is -0.310. The van der Waals surface area contributed by atoms with Gasteiger partial charge in [0, 0.05) is 14.0 Å². The Balaban J connectivity index is 2.58. The van der Waals surface area contributed by atoms with E-state index in [1.54, 1.807) is 0 Å². The molecule has 0 N–H and O–H groups in total. The third kappa shape index (κ3) is 2.63. The molecule has 2 aromatic rings. The van der Waals surface area contributed by atoms with Crippen LogP contribution in [0, 0.1) is 0 Å².